The van der Waals surface area contributed by atoms with Crippen LogP contribution in [-0.4, -0.2) is 51.9 Å². The smallest absolute Gasteiger partial charge is 0.325 e. The number of nitrogens with zero attached hydrogens (tertiary/aromatic N) is 2. The third kappa shape index (κ3) is 3.60. The second-order valence-corrected chi connectivity index (χ2v) is 13.5. The van der Waals surface area contributed by atoms with E-state index in [2.05, 4.69) is 45.9 Å². The number of hydrogen-bond donors (Lipinski definition) is 1. The Morgan fingerprint density at radius 2 is 1.89 bits per heavy atom. The van der Waals surface area contributed by atoms with Crippen LogP contribution in [0.4, 0.5) is 0 Å². The average Bonchev–Trinajstić information content (AvgIpc) is 3.71. The summed E-state index contributed by atoms with van der Waals surface area (Å²) in [7, 11) is 0. The summed E-state index contributed by atoms with van der Waals surface area (Å²) >= 11 is 0. The molecule has 1 aromatic heterocycles. The van der Waals surface area contributed by atoms with Crippen LogP contribution in [0, 0.1) is 5.92 Å². The molecule has 5 aliphatic rings. The molecular formula is C37H38N2O5. The van der Waals surface area contributed by atoms with E-state index < -0.39 is 17.1 Å². The molecule has 3 aromatic carbocycles. The minimum atomic E-state index is -1.02. The van der Waals surface area contributed by atoms with Gasteiger partial charge in [-0.3, -0.25) is 9.69 Å². The van der Waals surface area contributed by atoms with Gasteiger partial charge in [0.15, 0.2) is 17.6 Å². The summed E-state index contributed by atoms with van der Waals surface area (Å²) in [6.07, 6.45) is 4.23. The molecule has 3 aliphatic carbocycles. The molecule has 7 heteroatoms. The summed E-state index contributed by atoms with van der Waals surface area (Å²) in [5.74, 6) is 1.95. The number of esters is 1. The number of para-hydroxylation sites is 1. The normalized spacial score (nSPS) is 27.9. The van der Waals surface area contributed by atoms with Crippen LogP contribution in [-0.2, 0) is 40.9 Å². The maximum atomic E-state index is 13.3. The predicted molar refractivity (Wildman–Crippen MR) is 166 cm³/mol. The van der Waals surface area contributed by atoms with Crippen LogP contribution < -0.4 is 9.47 Å². The number of fused-ring (bicyclic) bond motifs is 4. The average molecular weight is 591 g/mol. The van der Waals surface area contributed by atoms with Crippen molar-refractivity contribution in [2.75, 3.05) is 19.7 Å². The lowest BCUT2D eigenvalue weighted by Gasteiger charge is -2.63. The highest BCUT2D eigenvalue weighted by molar-refractivity contribution is 5.88. The highest BCUT2D eigenvalue weighted by Gasteiger charge is 2.73. The molecule has 2 aliphatic heterocycles. The lowest BCUT2D eigenvalue weighted by atomic mass is 9.49. The maximum absolute atomic E-state index is 13.3. The van der Waals surface area contributed by atoms with Crippen molar-refractivity contribution < 1.29 is 24.1 Å². The SMILES string of the molecule is CCOC(=O)Cn1c2c(c3ccccc31)C[C@@]1(O)[C@H]3Cc4ccc(OCc5ccccc5)c5c4[C@@]1(CCN3CC1CC1)[C@H]2O5. The van der Waals surface area contributed by atoms with E-state index in [-0.39, 0.29) is 18.6 Å². The molecule has 9 rings (SSSR count). The zero-order valence-electron chi connectivity index (χ0n) is 25.1. The van der Waals surface area contributed by atoms with Gasteiger partial charge in [-0.05, 0) is 73.9 Å². The van der Waals surface area contributed by atoms with E-state index in [1.165, 1.54) is 18.4 Å². The molecule has 1 saturated carbocycles. The quantitative estimate of drug-likeness (QED) is 0.274. The monoisotopic (exact) mass is 590 g/mol. The van der Waals surface area contributed by atoms with E-state index in [1.54, 1.807) is 0 Å². The number of benzene rings is 3. The van der Waals surface area contributed by atoms with Crippen molar-refractivity contribution in [3.05, 3.63) is 94.7 Å². The second kappa shape index (κ2) is 9.59. The minimum absolute atomic E-state index is 0.00203. The summed E-state index contributed by atoms with van der Waals surface area (Å²) in [5, 5.41) is 14.4. The molecule has 4 atom stereocenters. The van der Waals surface area contributed by atoms with E-state index in [1.807, 2.05) is 37.3 Å². The topological polar surface area (TPSA) is 73.2 Å². The van der Waals surface area contributed by atoms with Gasteiger partial charge < -0.3 is 23.9 Å². The van der Waals surface area contributed by atoms with Crippen LogP contribution in [0.1, 0.15) is 60.2 Å². The summed E-state index contributed by atoms with van der Waals surface area (Å²) in [4.78, 5) is 15.6. The minimum Gasteiger partial charge on any atom is -0.485 e. The first kappa shape index (κ1) is 26.6. The van der Waals surface area contributed by atoms with Gasteiger partial charge in [0.25, 0.3) is 0 Å². The molecule has 2 fully saturated rings. The predicted octanol–water partition coefficient (Wildman–Crippen LogP) is 5.48. The summed E-state index contributed by atoms with van der Waals surface area (Å²) in [6.45, 7) is 4.68. The van der Waals surface area contributed by atoms with Gasteiger partial charge in [-0.1, -0.05) is 54.6 Å². The lowest BCUT2D eigenvalue weighted by Crippen LogP contribution is -2.74. The van der Waals surface area contributed by atoms with Gasteiger partial charge in [0.2, 0.25) is 0 Å². The van der Waals surface area contributed by atoms with Gasteiger partial charge in [0.1, 0.15) is 13.2 Å². The Morgan fingerprint density at radius 1 is 1.07 bits per heavy atom. The van der Waals surface area contributed by atoms with Gasteiger partial charge >= 0.3 is 5.97 Å². The number of aliphatic hydroxyl groups is 1. The number of carbonyl (C=O) groups is 1. The number of hydrogen-bond acceptors (Lipinski definition) is 6. The van der Waals surface area contributed by atoms with E-state index in [0.717, 1.165) is 70.9 Å². The standard InChI is InChI=1S/C37H38N2O5/c1-2-42-31(40)21-39-28-11-7-6-10-26(28)27-19-37(41)30-18-25-14-15-29(43-22-24-8-4-3-5-9-24)34-32(25)36(37,35(44-34)33(27)39)16-17-38(30)20-23-12-13-23/h3-11,14-15,23,30,35,41H,2,12-13,16-22H2,1H3/t30-,35+,36+,37-/m1/s1. The van der Waals surface area contributed by atoms with Crippen LogP contribution in [0.15, 0.2) is 66.7 Å². The number of likely N-dealkylation sites (tertiary alicyclic amines) is 1. The van der Waals surface area contributed by atoms with Crippen LogP contribution in [0.25, 0.3) is 10.9 Å². The fourth-order valence-electron chi connectivity index (χ4n) is 9.15. The molecule has 1 saturated heterocycles. The molecule has 0 unspecified atom stereocenters. The van der Waals surface area contributed by atoms with Gasteiger partial charge in [-0.25, -0.2) is 0 Å². The first-order chi connectivity index (χ1) is 21.5. The zero-order valence-corrected chi connectivity index (χ0v) is 25.1. The zero-order chi connectivity index (χ0) is 29.6. The second-order valence-electron chi connectivity index (χ2n) is 13.5. The molecule has 44 heavy (non-hydrogen) atoms. The van der Waals surface area contributed by atoms with E-state index >= 15 is 0 Å². The van der Waals surface area contributed by atoms with Gasteiger partial charge in [-0.15, -0.1) is 0 Å². The Bertz CT molecular complexity index is 1790. The van der Waals surface area contributed by atoms with Crippen molar-refractivity contribution in [2.45, 2.75) is 75.3 Å². The van der Waals surface area contributed by atoms with Crippen molar-refractivity contribution in [1.29, 1.82) is 0 Å². The summed E-state index contributed by atoms with van der Waals surface area (Å²) in [5.41, 5.74) is 4.87. The number of carbonyl (C=O) groups excluding carboxylic acids is 1. The Labute approximate surface area is 257 Å². The van der Waals surface area contributed by atoms with E-state index in [4.69, 9.17) is 14.2 Å². The Morgan fingerprint density at radius 3 is 2.70 bits per heavy atom. The first-order valence-corrected chi connectivity index (χ1v) is 16.2. The van der Waals surface area contributed by atoms with Crippen molar-refractivity contribution in [1.82, 2.24) is 9.47 Å². The van der Waals surface area contributed by atoms with Gasteiger partial charge in [0.05, 0.1) is 23.3 Å². The number of ether oxygens (including phenoxy) is 3. The van der Waals surface area contributed by atoms with Crippen LogP contribution in [0.5, 0.6) is 11.5 Å². The highest BCUT2D eigenvalue weighted by Crippen LogP contribution is 2.69. The fourth-order valence-corrected chi connectivity index (χ4v) is 9.15. The maximum Gasteiger partial charge on any atom is 0.325 e. The molecule has 0 amide bonds. The molecule has 0 radical (unpaired) electrons. The summed E-state index contributed by atoms with van der Waals surface area (Å²) < 4.78 is 21.2. The molecular weight excluding hydrogens is 552 g/mol. The molecule has 1 N–H and O–H groups in total. The Hall–Kier alpha value is -3.81. The first-order valence-electron chi connectivity index (χ1n) is 16.2. The van der Waals surface area contributed by atoms with Crippen LogP contribution in [0.3, 0.4) is 0 Å². The summed E-state index contributed by atoms with van der Waals surface area (Å²) in [6, 6.07) is 22.7. The fraction of sp³-hybridized carbons (Fsp3) is 0.432. The highest BCUT2D eigenvalue weighted by atomic mass is 16.5. The van der Waals surface area contributed by atoms with Gasteiger partial charge in [0, 0.05) is 35.5 Å². The van der Waals surface area contributed by atoms with Gasteiger partial charge in [-0.2, -0.15) is 0 Å². The number of piperidine rings is 1. The van der Waals surface area contributed by atoms with Crippen molar-refractivity contribution in [3.8, 4) is 11.5 Å². The third-order valence-corrected chi connectivity index (χ3v) is 11.1. The molecule has 3 heterocycles. The lowest BCUT2D eigenvalue weighted by molar-refractivity contribution is -0.173. The number of aromatic nitrogens is 1. The number of rotatable bonds is 8. The molecule has 226 valence electrons. The molecule has 7 nitrogen and oxygen atoms in total. The molecule has 1 spiro atoms. The van der Waals surface area contributed by atoms with E-state index in [9.17, 15) is 9.90 Å². The van der Waals surface area contributed by atoms with Crippen LogP contribution in [0.2, 0.25) is 0 Å². The van der Waals surface area contributed by atoms with Crippen molar-refractivity contribution >= 4 is 16.9 Å². The molecule has 2 bridgehead atoms. The van der Waals surface area contributed by atoms with Crippen LogP contribution >= 0.6 is 0 Å². The van der Waals surface area contributed by atoms with Crippen molar-refractivity contribution in [3.63, 3.8) is 0 Å². The Kier molecular flexibility index (Phi) is 5.80. The molecule has 4 aromatic rings. The Balaban J connectivity index is 1.24. The van der Waals surface area contributed by atoms with E-state index in [0.29, 0.717) is 25.4 Å². The van der Waals surface area contributed by atoms with Crippen molar-refractivity contribution in [2.24, 2.45) is 5.92 Å². The third-order valence-electron chi connectivity index (χ3n) is 11.1. The largest absolute Gasteiger partial charge is 0.485 e.